The summed E-state index contributed by atoms with van der Waals surface area (Å²) in [4.78, 5) is 0. The lowest BCUT2D eigenvalue weighted by molar-refractivity contribution is 0.110. The van der Waals surface area contributed by atoms with Crippen LogP contribution in [0.5, 0.6) is 0 Å². The molecule has 18 heavy (non-hydrogen) atoms. The minimum atomic E-state index is -0.490. The molecule has 3 rings (SSSR count). The van der Waals surface area contributed by atoms with Gasteiger partial charge in [-0.3, -0.25) is 0 Å². The largest absolute Gasteiger partial charge is 0.382 e. The summed E-state index contributed by atoms with van der Waals surface area (Å²) in [5.74, 6) is -0.111. The van der Waals surface area contributed by atoms with Gasteiger partial charge >= 0.3 is 0 Å². The molecule has 0 saturated carbocycles. The van der Waals surface area contributed by atoms with Gasteiger partial charge in [-0.25, -0.2) is 9.07 Å². The van der Waals surface area contributed by atoms with Crippen molar-refractivity contribution in [2.45, 2.75) is 13.0 Å². The molecule has 1 aliphatic rings. The summed E-state index contributed by atoms with van der Waals surface area (Å²) in [5.41, 5.74) is 7.86. The van der Waals surface area contributed by atoms with Gasteiger partial charge in [-0.1, -0.05) is 17.7 Å². The first-order valence-electron chi connectivity index (χ1n) is 5.57. The molecule has 0 fully saturated rings. The van der Waals surface area contributed by atoms with Crippen molar-refractivity contribution in [2.24, 2.45) is 0 Å². The number of nitrogens with zero attached hydrogens (tertiary/aromatic N) is 2. The maximum atomic E-state index is 14.0. The molecule has 2 aromatic rings. The highest BCUT2D eigenvalue weighted by molar-refractivity contribution is 6.30. The summed E-state index contributed by atoms with van der Waals surface area (Å²) in [6.07, 6.45) is 0.658. The fourth-order valence-corrected chi connectivity index (χ4v) is 2.29. The van der Waals surface area contributed by atoms with Gasteiger partial charge in [-0.15, -0.1) is 5.10 Å². The molecule has 6 heteroatoms. The number of halogens is 2. The maximum Gasteiger partial charge on any atom is 0.167 e. The highest BCUT2D eigenvalue weighted by Gasteiger charge is 2.22. The Balaban J connectivity index is 2.20. The van der Waals surface area contributed by atoms with E-state index < -0.39 is 5.82 Å². The Morgan fingerprint density at radius 2 is 2.28 bits per heavy atom. The molecular weight excluding hydrogens is 257 g/mol. The molecule has 0 aliphatic carbocycles. The number of fused-ring (bicyclic) bond motifs is 1. The Morgan fingerprint density at radius 3 is 3.11 bits per heavy atom. The SMILES string of the molecule is Nc1nn(-c2cccc(Cl)c2F)c2c1COCC2. The normalized spacial score (nSPS) is 14.6. The van der Waals surface area contributed by atoms with E-state index >= 15 is 0 Å². The van der Waals surface area contributed by atoms with E-state index in [2.05, 4.69) is 5.10 Å². The number of anilines is 1. The molecule has 4 nitrogen and oxygen atoms in total. The Bertz CT molecular complexity index is 612. The van der Waals surface area contributed by atoms with E-state index in [1.54, 1.807) is 12.1 Å². The van der Waals surface area contributed by atoms with Crippen molar-refractivity contribution in [1.29, 1.82) is 0 Å². The van der Waals surface area contributed by atoms with Crippen LogP contribution in [0.15, 0.2) is 18.2 Å². The lowest BCUT2D eigenvalue weighted by atomic mass is 10.1. The average Bonchev–Trinajstić information content (AvgIpc) is 2.71. The average molecular weight is 268 g/mol. The van der Waals surface area contributed by atoms with Gasteiger partial charge in [0.05, 0.1) is 23.9 Å². The Morgan fingerprint density at radius 1 is 1.44 bits per heavy atom. The highest BCUT2D eigenvalue weighted by atomic mass is 35.5. The molecule has 2 heterocycles. The zero-order chi connectivity index (χ0) is 12.7. The van der Waals surface area contributed by atoms with Gasteiger partial charge in [0, 0.05) is 12.0 Å². The zero-order valence-corrected chi connectivity index (χ0v) is 10.2. The molecule has 0 radical (unpaired) electrons. The number of rotatable bonds is 1. The van der Waals surface area contributed by atoms with Gasteiger partial charge in [-0.2, -0.15) is 0 Å². The van der Waals surface area contributed by atoms with Crippen LogP contribution in [0.2, 0.25) is 5.02 Å². The van der Waals surface area contributed by atoms with Crippen LogP contribution in [0.1, 0.15) is 11.3 Å². The van der Waals surface area contributed by atoms with Gasteiger partial charge in [0.2, 0.25) is 0 Å². The van der Waals surface area contributed by atoms with Crippen molar-refractivity contribution >= 4 is 17.4 Å². The third kappa shape index (κ3) is 1.67. The molecule has 1 aromatic carbocycles. The van der Waals surface area contributed by atoms with Gasteiger partial charge in [0.1, 0.15) is 5.69 Å². The molecule has 0 amide bonds. The second-order valence-electron chi connectivity index (χ2n) is 4.10. The molecule has 0 unspecified atom stereocenters. The first kappa shape index (κ1) is 11.5. The predicted octanol–water partition coefficient (Wildman–Crippen LogP) is 2.32. The highest BCUT2D eigenvalue weighted by Crippen LogP contribution is 2.28. The van der Waals surface area contributed by atoms with Crippen LogP contribution in [-0.2, 0) is 17.8 Å². The molecule has 94 valence electrons. The zero-order valence-electron chi connectivity index (χ0n) is 9.49. The Hall–Kier alpha value is -1.59. The summed E-state index contributed by atoms with van der Waals surface area (Å²) in [7, 11) is 0. The van der Waals surface area contributed by atoms with E-state index in [9.17, 15) is 4.39 Å². The summed E-state index contributed by atoms with van der Waals surface area (Å²) in [6.45, 7) is 1.00. The first-order chi connectivity index (χ1) is 8.68. The van der Waals surface area contributed by atoms with Crippen molar-refractivity contribution in [3.8, 4) is 5.69 Å². The van der Waals surface area contributed by atoms with E-state index in [-0.39, 0.29) is 5.02 Å². The third-order valence-corrected chi connectivity index (χ3v) is 3.30. The number of nitrogen functional groups attached to an aromatic ring is 1. The molecule has 0 atom stereocenters. The van der Waals surface area contributed by atoms with E-state index in [1.807, 2.05) is 0 Å². The van der Waals surface area contributed by atoms with E-state index in [0.717, 1.165) is 11.3 Å². The van der Waals surface area contributed by atoms with Crippen molar-refractivity contribution in [1.82, 2.24) is 9.78 Å². The monoisotopic (exact) mass is 267 g/mol. The molecule has 1 aliphatic heterocycles. The van der Waals surface area contributed by atoms with Crippen LogP contribution in [0.25, 0.3) is 5.69 Å². The quantitative estimate of drug-likeness (QED) is 0.863. The van der Waals surface area contributed by atoms with Crippen LogP contribution < -0.4 is 5.73 Å². The summed E-state index contributed by atoms with van der Waals surface area (Å²) in [6, 6.07) is 4.82. The number of ether oxygens (including phenoxy) is 1. The molecule has 0 spiro atoms. The van der Waals surface area contributed by atoms with Crippen molar-refractivity contribution in [2.75, 3.05) is 12.3 Å². The second kappa shape index (κ2) is 4.26. The Kier molecular flexibility index (Phi) is 2.72. The second-order valence-corrected chi connectivity index (χ2v) is 4.51. The van der Waals surface area contributed by atoms with Crippen molar-refractivity contribution in [3.63, 3.8) is 0 Å². The van der Waals surface area contributed by atoms with Gasteiger partial charge in [0.15, 0.2) is 11.6 Å². The van der Waals surface area contributed by atoms with Crippen molar-refractivity contribution in [3.05, 3.63) is 40.3 Å². The summed E-state index contributed by atoms with van der Waals surface area (Å²) in [5, 5.41) is 4.25. The summed E-state index contributed by atoms with van der Waals surface area (Å²) >= 11 is 5.78. The lowest BCUT2D eigenvalue weighted by Gasteiger charge is -2.15. The first-order valence-corrected chi connectivity index (χ1v) is 5.94. The number of benzene rings is 1. The van der Waals surface area contributed by atoms with Crippen LogP contribution in [0, 0.1) is 5.82 Å². The topological polar surface area (TPSA) is 53.1 Å². The van der Waals surface area contributed by atoms with E-state index in [0.29, 0.717) is 31.1 Å². The number of hydrogen-bond acceptors (Lipinski definition) is 3. The smallest absolute Gasteiger partial charge is 0.167 e. The Labute approximate surface area is 108 Å². The molecule has 2 N–H and O–H groups in total. The fraction of sp³-hybridized carbons (Fsp3) is 0.250. The summed E-state index contributed by atoms with van der Waals surface area (Å²) < 4.78 is 20.9. The van der Waals surface area contributed by atoms with Crippen molar-refractivity contribution < 1.29 is 9.13 Å². The van der Waals surface area contributed by atoms with Gasteiger partial charge < -0.3 is 10.5 Å². The van der Waals surface area contributed by atoms with E-state index in [1.165, 1.54) is 10.7 Å². The minimum absolute atomic E-state index is 0.0716. The maximum absolute atomic E-state index is 14.0. The van der Waals surface area contributed by atoms with E-state index in [4.69, 9.17) is 22.1 Å². The number of aromatic nitrogens is 2. The number of nitrogens with two attached hydrogens (primary N) is 1. The van der Waals surface area contributed by atoms with Gasteiger partial charge in [0.25, 0.3) is 0 Å². The molecule has 0 saturated heterocycles. The van der Waals surface area contributed by atoms with Crippen LogP contribution >= 0.6 is 11.6 Å². The molecule has 0 bridgehead atoms. The van der Waals surface area contributed by atoms with Crippen LogP contribution in [0.4, 0.5) is 10.2 Å². The molecular formula is C12H11ClFN3O. The van der Waals surface area contributed by atoms with Gasteiger partial charge in [-0.05, 0) is 12.1 Å². The van der Waals surface area contributed by atoms with Crippen LogP contribution in [0.3, 0.4) is 0 Å². The predicted molar refractivity (Wildman–Crippen MR) is 66.3 cm³/mol. The lowest BCUT2D eigenvalue weighted by Crippen LogP contribution is -2.13. The minimum Gasteiger partial charge on any atom is -0.382 e. The van der Waals surface area contributed by atoms with Crippen LogP contribution in [-0.4, -0.2) is 16.4 Å². The fourth-order valence-electron chi connectivity index (χ4n) is 2.12. The third-order valence-electron chi connectivity index (χ3n) is 3.01. The number of hydrogen-bond donors (Lipinski definition) is 1. The standard InChI is InChI=1S/C12H11ClFN3O/c13-8-2-1-3-10(11(8)14)17-9-4-5-18-6-7(9)12(15)16-17/h1-3H,4-6H2,(H2,15,16). The molecule has 1 aromatic heterocycles.